The molecule has 2 aliphatic rings. The van der Waals surface area contributed by atoms with Gasteiger partial charge in [0.1, 0.15) is 0 Å². The lowest BCUT2D eigenvalue weighted by Crippen LogP contribution is -2.52. The largest absolute Gasteiger partial charge is 0.338 e. The molecule has 1 aromatic carbocycles. The smallest absolute Gasteiger partial charge is 0.267 e. The number of nitrogens with one attached hydrogen (secondary N) is 1. The molecule has 2 aromatic heterocycles. The number of aromatic amines is 1. The molecule has 1 fully saturated rings. The highest BCUT2D eigenvalue weighted by Crippen LogP contribution is 2.23. The van der Waals surface area contributed by atoms with Gasteiger partial charge in [-0.2, -0.15) is 5.10 Å². The van der Waals surface area contributed by atoms with Crippen LogP contribution in [0.3, 0.4) is 0 Å². The van der Waals surface area contributed by atoms with Crippen molar-refractivity contribution in [3.05, 3.63) is 73.9 Å². The molecule has 0 saturated carbocycles. The fourth-order valence-corrected chi connectivity index (χ4v) is 4.22. The standard InChI is InChI=1S/C21H20N4O3/c26-19-9-16(15-5-1-2-6-18(15)22-19)21(28)24-10-13(11-24)12-25-20(27)8-14-4-3-7-17(14)23-25/h1-2,5-6,8-9,13H,3-4,7,10-12H2,(H,22,26). The fraction of sp³-hybridized carbons (Fsp3) is 0.333. The number of rotatable bonds is 3. The number of hydrogen-bond donors (Lipinski definition) is 1. The SMILES string of the molecule is O=C(c1cc(=O)[nH]c2ccccc12)N1CC(Cn2nc3c(cc2=O)CCC3)C1. The molecule has 0 spiro atoms. The van der Waals surface area contributed by atoms with Crippen molar-refractivity contribution < 1.29 is 4.79 Å². The third kappa shape index (κ3) is 2.83. The lowest BCUT2D eigenvalue weighted by molar-refractivity contribution is 0.0460. The quantitative estimate of drug-likeness (QED) is 0.747. The van der Waals surface area contributed by atoms with Gasteiger partial charge in [0.15, 0.2) is 0 Å². The Morgan fingerprint density at radius 1 is 1.14 bits per heavy atom. The van der Waals surface area contributed by atoms with Crippen molar-refractivity contribution in [1.29, 1.82) is 0 Å². The summed E-state index contributed by atoms with van der Waals surface area (Å²) in [6.45, 7) is 1.64. The van der Waals surface area contributed by atoms with Gasteiger partial charge in [-0.3, -0.25) is 14.4 Å². The normalized spacial score (nSPS) is 16.2. The summed E-state index contributed by atoms with van der Waals surface area (Å²) in [5.41, 5.74) is 2.84. The Bertz CT molecular complexity index is 1200. The minimum Gasteiger partial charge on any atom is -0.338 e. The molecular formula is C21H20N4O3. The fourth-order valence-electron chi connectivity index (χ4n) is 4.22. The van der Waals surface area contributed by atoms with Gasteiger partial charge >= 0.3 is 0 Å². The predicted octanol–water partition coefficient (Wildman–Crippen LogP) is 1.35. The first-order valence-corrected chi connectivity index (χ1v) is 9.60. The van der Waals surface area contributed by atoms with Crippen LogP contribution in [0.2, 0.25) is 0 Å². The molecule has 0 radical (unpaired) electrons. The maximum Gasteiger partial charge on any atom is 0.267 e. The van der Waals surface area contributed by atoms with E-state index >= 15 is 0 Å². The van der Waals surface area contributed by atoms with E-state index in [1.54, 1.807) is 21.7 Å². The lowest BCUT2D eigenvalue weighted by atomic mass is 9.98. The van der Waals surface area contributed by atoms with E-state index < -0.39 is 0 Å². The highest BCUT2D eigenvalue weighted by molar-refractivity contribution is 6.06. The van der Waals surface area contributed by atoms with Crippen molar-refractivity contribution in [2.24, 2.45) is 5.92 Å². The summed E-state index contributed by atoms with van der Waals surface area (Å²) >= 11 is 0. The Balaban J connectivity index is 1.32. The molecule has 3 aromatic rings. The highest BCUT2D eigenvalue weighted by atomic mass is 16.2. The summed E-state index contributed by atoms with van der Waals surface area (Å²) < 4.78 is 1.54. The molecule has 7 heteroatoms. The zero-order chi connectivity index (χ0) is 19.3. The molecule has 1 amide bonds. The van der Waals surface area contributed by atoms with Crippen molar-refractivity contribution in [2.75, 3.05) is 13.1 Å². The minimum absolute atomic E-state index is 0.0639. The van der Waals surface area contributed by atoms with E-state index in [4.69, 9.17) is 0 Å². The zero-order valence-corrected chi connectivity index (χ0v) is 15.4. The van der Waals surface area contributed by atoms with Crippen LogP contribution in [0, 0.1) is 5.92 Å². The number of fused-ring (bicyclic) bond motifs is 2. The molecule has 28 heavy (non-hydrogen) atoms. The Morgan fingerprint density at radius 3 is 2.82 bits per heavy atom. The van der Waals surface area contributed by atoms with Gasteiger partial charge in [-0.15, -0.1) is 0 Å². The summed E-state index contributed by atoms with van der Waals surface area (Å²) in [5, 5.41) is 5.25. The van der Waals surface area contributed by atoms with Gasteiger partial charge < -0.3 is 9.88 Å². The third-order valence-electron chi connectivity index (χ3n) is 5.68. The zero-order valence-electron chi connectivity index (χ0n) is 15.4. The number of hydrogen-bond acceptors (Lipinski definition) is 4. The number of nitrogens with zero attached hydrogens (tertiary/aromatic N) is 3. The molecule has 0 atom stereocenters. The maximum absolute atomic E-state index is 12.9. The average molecular weight is 376 g/mol. The Labute approximate surface area is 160 Å². The molecule has 1 N–H and O–H groups in total. The van der Waals surface area contributed by atoms with Gasteiger partial charge in [0.25, 0.3) is 11.5 Å². The maximum atomic E-state index is 12.9. The van der Waals surface area contributed by atoms with Gasteiger partial charge in [-0.05, 0) is 30.9 Å². The molecule has 1 saturated heterocycles. The van der Waals surface area contributed by atoms with Crippen molar-refractivity contribution in [1.82, 2.24) is 19.7 Å². The molecule has 1 aliphatic carbocycles. The number of H-pyrrole nitrogens is 1. The van der Waals surface area contributed by atoms with Gasteiger partial charge in [0.05, 0.1) is 17.8 Å². The van der Waals surface area contributed by atoms with E-state index in [-0.39, 0.29) is 22.9 Å². The van der Waals surface area contributed by atoms with Gasteiger partial charge in [-0.1, -0.05) is 18.2 Å². The van der Waals surface area contributed by atoms with Crippen LogP contribution in [0.15, 0.2) is 46.0 Å². The Hall–Kier alpha value is -3.22. The second-order valence-electron chi connectivity index (χ2n) is 7.66. The van der Waals surface area contributed by atoms with Gasteiger partial charge in [0, 0.05) is 42.0 Å². The molecule has 3 heterocycles. The van der Waals surface area contributed by atoms with Crippen LogP contribution < -0.4 is 11.1 Å². The number of carbonyl (C=O) groups excluding carboxylic acids is 1. The molecule has 0 bridgehead atoms. The first-order valence-electron chi connectivity index (χ1n) is 9.60. The molecular weight excluding hydrogens is 356 g/mol. The topological polar surface area (TPSA) is 88.1 Å². The molecule has 142 valence electrons. The van der Waals surface area contributed by atoms with Crippen molar-refractivity contribution >= 4 is 16.8 Å². The number of para-hydroxylation sites is 1. The number of pyridine rings is 1. The first kappa shape index (κ1) is 16.9. The van der Waals surface area contributed by atoms with Gasteiger partial charge in [0.2, 0.25) is 5.56 Å². The second-order valence-corrected chi connectivity index (χ2v) is 7.66. The van der Waals surface area contributed by atoms with Crippen LogP contribution in [-0.4, -0.2) is 38.7 Å². The summed E-state index contributed by atoms with van der Waals surface area (Å²) in [5.74, 6) is 0.0506. The number of likely N-dealkylation sites (tertiary alicyclic amines) is 1. The summed E-state index contributed by atoms with van der Waals surface area (Å²) in [6, 6.07) is 10.4. The number of aromatic nitrogens is 3. The second kappa shape index (κ2) is 6.44. The van der Waals surface area contributed by atoms with Crippen LogP contribution in [0.25, 0.3) is 10.9 Å². The van der Waals surface area contributed by atoms with Gasteiger partial charge in [-0.25, -0.2) is 4.68 Å². The van der Waals surface area contributed by atoms with Crippen LogP contribution in [0.4, 0.5) is 0 Å². The Kier molecular flexibility index (Phi) is 3.89. The lowest BCUT2D eigenvalue weighted by Gasteiger charge is -2.39. The first-order chi connectivity index (χ1) is 13.6. The molecule has 0 unspecified atom stereocenters. The molecule has 7 nitrogen and oxygen atoms in total. The van der Waals surface area contributed by atoms with Crippen LogP contribution in [0.5, 0.6) is 0 Å². The number of benzene rings is 1. The van der Waals surface area contributed by atoms with E-state index in [2.05, 4.69) is 10.1 Å². The van der Waals surface area contributed by atoms with Crippen molar-refractivity contribution in [2.45, 2.75) is 25.8 Å². The molecule has 5 rings (SSSR count). The molecule has 1 aliphatic heterocycles. The predicted molar refractivity (Wildman–Crippen MR) is 104 cm³/mol. The van der Waals surface area contributed by atoms with Crippen LogP contribution in [0.1, 0.15) is 28.0 Å². The van der Waals surface area contributed by atoms with E-state index in [9.17, 15) is 14.4 Å². The third-order valence-corrected chi connectivity index (χ3v) is 5.68. The number of aryl methyl sites for hydroxylation is 2. The summed E-state index contributed by atoms with van der Waals surface area (Å²) in [4.78, 5) is 41.5. The number of carbonyl (C=O) groups is 1. The number of amides is 1. The van der Waals surface area contributed by atoms with Crippen LogP contribution in [-0.2, 0) is 19.4 Å². The average Bonchev–Trinajstić information content (AvgIpc) is 3.10. The van der Waals surface area contributed by atoms with Crippen molar-refractivity contribution in [3.8, 4) is 0 Å². The van der Waals surface area contributed by atoms with E-state index in [1.807, 2.05) is 18.2 Å². The summed E-state index contributed by atoms with van der Waals surface area (Å²) in [6.07, 6.45) is 2.93. The minimum atomic E-state index is -0.284. The van der Waals surface area contributed by atoms with E-state index in [0.29, 0.717) is 30.7 Å². The highest BCUT2D eigenvalue weighted by Gasteiger charge is 2.33. The van der Waals surface area contributed by atoms with Crippen LogP contribution >= 0.6 is 0 Å². The monoisotopic (exact) mass is 376 g/mol. The van der Waals surface area contributed by atoms with E-state index in [1.165, 1.54) is 6.07 Å². The van der Waals surface area contributed by atoms with Crippen molar-refractivity contribution in [3.63, 3.8) is 0 Å². The van der Waals surface area contributed by atoms with E-state index in [0.717, 1.165) is 35.9 Å². The summed E-state index contributed by atoms with van der Waals surface area (Å²) in [7, 11) is 0. The Morgan fingerprint density at radius 2 is 1.96 bits per heavy atom.